The van der Waals surface area contributed by atoms with Crippen molar-refractivity contribution >= 4 is 148 Å². The lowest BCUT2D eigenvalue weighted by atomic mass is 9.99. The number of hydrogen-bond donors (Lipinski definition) is 0. The third-order valence-electron chi connectivity index (χ3n) is 13.1. The Morgan fingerprint density at radius 2 is 0.746 bits per heavy atom. The average molecular weight is 845 g/mol. The number of rotatable bonds is 18. The molecule has 0 aliphatic carbocycles. The molecule has 7 bridgehead atoms. The summed E-state index contributed by atoms with van der Waals surface area (Å²) in [5.41, 5.74) is 0. The standard InChI is InChI=1S/C54H52OS4/c1-2-3-4-5-6-7-8-9-10-11-12-13-14-15-16-21-28-55-38-26-27-41-44(33-38)50-46-45-48-40-25-20-19-24-39(40)47(46)56-51-42-31-36-29-34-22-17-18-23-35(34)30-37(36)32-43(42)52(57-50)54(53(51)58-48)59-49(41)45/h17-20,22-27,29-33H,2-16,21,28H2,1H3. The molecular formula is C54H52OS4. The zero-order chi connectivity index (χ0) is 39.3. The highest BCUT2D eigenvalue weighted by Gasteiger charge is 2.25. The molecule has 59 heavy (non-hydrogen) atoms. The molecule has 0 aliphatic rings. The highest BCUT2D eigenvalue weighted by molar-refractivity contribution is 7.42. The molecule has 13 rings (SSSR count). The van der Waals surface area contributed by atoms with Crippen molar-refractivity contribution in [2.45, 2.75) is 110 Å². The molecule has 5 aromatic heterocycles. The van der Waals surface area contributed by atoms with Crippen LogP contribution >= 0.6 is 45.3 Å². The maximum absolute atomic E-state index is 6.58. The van der Waals surface area contributed by atoms with E-state index in [1.807, 2.05) is 45.3 Å². The van der Waals surface area contributed by atoms with Crippen LogP contribution in [-0.2, 0) is 0 Å². The predicted molar refractivity (Wildman–Crippen MR) is 269 cm³/mol. The molecule has 1 nitrogen and oxygen atoms in total. The molecular weight excluding hydrogens is 793 g/mol. The molecule has 0 N–H and O–H groups in total. The van der Waals surface area contributed by atoms with E-state index in [-0.39, 0.29) is 0 Å². The summed E-state index contributed by atoms with van der Waals surface area (Å²) in [6.45, 7) is 3.09. The molecule has 8 aromatic carbocycles. The Bertz CT molecular complexity index is 3260. The van der Waals surface area contributed by atoms with Gasteiger partial charge in [-0.15, -0.1) is 45.3 Å². The normalized spacial score (nSPS) is 12.6. The minimum absolute atomic E-state index is 0.787. The average Bonchev–Trinajstić information content (AvgIpc) is 3.33. The zero-order valence-electron chi connectivity index (χ0n) is 34.2. The Labute approximate surface area is 362 Å². The molecule has 0 radical (unpaired) electrons. The summed E-state index contributed by atoms with van der Waals surface area (Å²) < 4.78 is 17.9. The van der Waals surface area contributed by atoms with Crippen LogP contribution in [0.4, 0.5) is 0 Å². The number of benzene rings is 8. The Morgan fingerprint density at radius 1 is 0.339 bits per heavy atom. The van der Waals surface area contributed by atoms with Crippen molar-refractivity contribution in [3.63, 3.8) is 0 Å². The van der Waals surface area contributed by atoms with Crippen LogP contribution in [0.2, 0.25) is 0 Å². The Morgan fingerprint density at radius 3 is 1.25 bits per heavy atom. The van der Waals surface area contributed by atoms with Gasteiger partial charge < -0.3 is 4.74 Å². The van der Waals surface area contributed by atoms with Crippen molar-refractivity contribution in [2.24, 2.45) is 0 Å². The van der Waals surface area contributed by atoms with Gasteiger partial charge in [0.25, 0.3) is 0 Å². The van der Waals surface area contributed by atoms with Crippen molar-refractivity contribution in [3.05, 3.63) is 91.0 Å². The van der Waals surface area contributed by atoms with E-state index < -0.39 is 0 Å². The van der Waals surface area contributed by atoms with Crippen LogP contribution in [0.15, 0.2) is 91.0 Å². The van der Waals surface area contributed by atoms with Gasteiger partial charge >= 0.3 is 0 Å². The van der Waals surface area contributed by atoms with Crippen LogP contribution in [0.25, 0.3) is 102 Å². The van der Waals surface area contributed by atoms with Gasteiger partial charge in [-0.25, -0.2) is 0 Å². The van der Waals surface area contributed by atoms with E-state index in [2.05, 4.69) is 97.9 Å². The lowest BCUT2D eigenvalue weighted by Crippen LogP contribution is -1.97. The number of ether oxygens (including phenoxy) is 1. The lowest BCUT2D eigenvalue weighted by Gasteiger charge is -2.14. The van der Waals surface area contributed by atoms with E-state index in [1.165, 1.54) is 199 Å². The second kappa shape index (κ2) is 16.5. The molecule has 298 valence electrons. The summed E-state index contributed by atoms with van der Waals surface area (Å²) in [7, 11) is 0. The Kier molecular flexibility index (Phi) is 10.6. The summed E-state index contributed by atoms with van der Waals surface area (Å²) >= 11 is 8.09. The van der Waals surface area contributed by atoms with Crippen molar-refractivity contribution < 1.29 is 4.74 Å². The second-order valence-corrected chi connectivity index (χ2v) is 21.2. The van der Waals surface area contributed by atoms with Crippen LogP contribution in [0.1, 0.15) is 110 Å². The summed E-state index contributed by atoms with van der Waals surface area (Å²) in [5, 5.41) is 16.3. The van der Waals surface area contributed by atoms with E-state index in [9.17, 15) is 0 Å². The largest absolute Gasteiger partial charge is 0.494 e. The number of hydrogen-bond acceptors (Lipinski definition) is 5. The van der Waals surface area contributed by atoms with E-state index in [0.29, 0.717) is 0 Å². The van der Waals surface area contributed by atoms with Gasteiger partial charge in [0.1, 0.15) is 5.75 Å². The zero-order valence-corrected chi connectivity index (χ0v) is 37.5. The van der Waals surface area contributed by atoms with Crippen LogP contribution in [0.5, 0.6) is 5.75 Å². The van der Waals surface area contributed by atoms with Gasteiger partial charge in [-0.1, -0.05) is 152 Å². The molecule has 13 aromatic rings. The molecule has 5 heteroatoms. The van der Waals surface area contributed by atoms with E-state index in [1.54, 1.807) is 0 Å². The SMILES string of the molecule is CCCCCCCCCCCCCCCCCCOc1ccc2c(c1)c1sc3c4cc5cc6ccccc6cc5cc4c4sc5c6ccccc6c6sc4c3sc2c6c51. The fourth-order valence-electron chi connectivity index (χ4n) is 9.96. The quantitative estimate of drug-likeness (QED) is 0.0618. The van der Waals surface area contributed by atoms with Gasteiger partial charge in [-0.3, -0.25) is 0 Å². The summed E-state index contributed by atoms with van der Waals surface area (Å²) in [5.74, 6) is 1.00. The number of unbranched alkanes of at least 4 members (excludes halogenated alkanes) is 15. The second-order valence-electron chi connectivity index (χ2n) is 17.1. The van der Waals surface area contributed by atoms with Crippen LogP contribution < -0.4 is 4.74 Å². The highest BCUT2D eigenvalue weighted by Crippen LogP contribution is 2.57. The van der Waals surface area contributed by atoms with E-state index in [0.717, 1.165) is 18.8 Å². The van der Waals surface area contributed by atoms with Gasteiger partial charge in [0.2, 0.25) is 0 Å². The van der Waals surface area contributed by atoms with Gasteiger partial charge in [0.05, 0.1) is 25.4 Å². The summed E-state index contributed by atoms with van der Waals surface area (Å²) in [4.78, 5) is 0. The van der Waals surface area contributed by atoms with E-state index in [4.69, 9.17) is 4.74 Å². The summed E-state index contributed by atoms with van der Waals surface area (Å²) in [6.07, 6.45) is 22.1. The van der Waals surface area contributed by atoms with Crippen molar-refractivity contribution in [3.8, 4) is 5.75 Å². The predicted octanol–water partition coefficient (Wildman–Crippen LogP) is 19.5. The molecule has 0 unspecified atom stereocenters. The number of fused-ring (bicyclic) bond motifs is 3. The first-order chi connectivity index (χ1) is 29.2. The van der Waals surface area contributed by atoms with Crippen LogP contribution in [0.3, 0.4) is 0 Å². The topological polar surface area (TPSA) is 9.23 Å². The van der Waals surface area contributed by atoms with Crippen molar-refractivity contribution in [2.75, 3.05) is 6.61 Å². The first-order valence-corrected chi connectivity index (χ1v) is 25.8. The Hall–Kier alpha value is -4.00. The fraction of sp³-hybridized carbons (Fsp3) is 0.333. The Balaban J connectivity index is 0.893. The van der Waals surface area contributed by atoms with Gasteiger partial charge in [0.15, 0.2) is 0 Å². The van der Waals surface area contributed by atoms with Crippen molar-refractivity contribution in [1.82, 2.24) is 0 Å². The molecule has 0 spiro atoms. The third kappa shape index (κ3) is 6.85. The third-order valence-corrected chi connectivity index (χ3v) is 18.5. The molecule has 0 saturated carbocycles. The highest BCUT2D eigenvalue weighted by atomic mass is 32.1. The molecule has 0 saturated heterocycles. The smallest absolute Gasteiger partial charge is 0.119 e. The monoisotopic (exact) mass is 844 g/mol. The maximum Gasteiger partial charge on any atom is 0.119 e. The molecule has 0 atom stereocenters. The molecule has 0 fully saturated rings. The minimum Gasteiger partial charge on any atom is -0.494 e. The fourth-order valence-corrected chi connectivity index (χ4v) is 15.9. The maximum atomic E-state index is 6.58. The first kappa shape index (κ1) is 38.0. The van der Waals surface area contributed by atoms with Gasteiger partial charge in [-0.05, 0) is 70.4 Å². The molecule has 5 heterocycles. The summed E-state index contributed by atoms with van der Waals surface area (Å²) in [6, 6.07) is 34.7. The molecule has 0 aliphatic heterocycles. The van der Waals surface area contributed by atoms with Gasteiger partial charge in [0, 0.05) is 61.9 Å². The van der Waals surface area contributed by atoms with Crippen LogP contribution in [0, 0.1) is 0 Å². The van der Waals surface area contributed by atoms with Crippen LogP contribution in [-0.4, -0.2) is 6.61 Å². The minimum atomic E-state index is 0.787. The van der Waals surface area contributed by atoms with Gasteiger partial charge in [-0.2, -0.15) is 0 Å². The van der Waals surface area contributed by atoms with Crippen molar-refractivity contribution in [1.29, 1.82) is 0 Å². The first-order valence-electron chi connectivity index (χ1n) is 22.5. The van der Waals surface area contributed by atoms with E-state index >= 15 is 0 Å². The molecule has 0 amide bonds. The lowest BCUT2D eigenvalue weighted by molar-refractivity contribution is 0.304.